The van der Waals surface area contributed by atoms with Gasteiger partial charge in [-0.25, -0.2) is 4.79 Å². The number of aromatic nitrogens is 4. The number of anilines is 1. The SMILES string of the molecule is COC(=O)c1c(NC(=O)CSc2nnnn2-c2ccc(OC)c(OC)c2)sc(C(C)=O)c1C. The minimum Gasteiger partial charge on any atom is -0.493 e. The average Bonchev–Trinajstić information content (AvgIpc) is 3.41. The van der Waals surface area contributed by atoms with Gasteiger partial charge in [0.1, 0.15) is 5.00 Å². The molecular formula is C20H21N5O6S2. The van der Waals surface area contributed by atoms with Gasteiger partial charge in [0.05, 0.1) is 43.2 Å². The maximum atomic E-state index is 12.6. The molecule has 0 spiro atoms. The smallest absolute Gasteiger partial charge is 0.341 e. The lowest BCUT2D eigenvalue weighted by atomic mass is 10.1. The molecule has 174 valence electrons. The standard InChI is InChI=1S/C20H21N5O6S2/c1-10-16(19(28)31-5)18(33-17(10)11(2)26)21-15(27)9-32-20-22-23-24-25(20)12-6-7-13(29-3)14(8-12)30-4/h6-8H,9H2,1-5H3,(H,21,27). The highest BCUT2D eigenvalue weighted by Gasteiger charge is 2.25. The van der Waals surface area contributed by atoms with E-state index in [4.69, 9.17) is 14.2 Å². The lowest BCUT2D eigenvalue weighted by molar-refractivity contribution is -0.113. The topological polar surface area (TPSA) is 135 Å². The van der Waals surface area contributed by atoms with Crippen molar-refractivity contribution in [2.45, 2.75) is 19.0 Å². The minimum absolute atomic E-state index is 0.0410. The first-order chi connectivity index (χ1) is 15.8. The van der Waals surface area contributed by atoms with Crippen LogP contribution in [0.4, 0.5) is 5.00 Å². The summed E-state index contributed by atoms with van der Waals surface area (Å²) in [5.41, 5.74) is 1.26. The Morgan fingerprint density at radius 3 is 2.52 bits per heavy atom. The predicted molar refractivity (Wildman–Crippen MR) is 122 cm³/mol. The summed E-state index contributed by atoms with van der Waals surface area (Å²) in [5.74, 6) is -0.211. The summed E-state index contributed by atoms with van der Waals surface area (Å²) >= 11 is 2.14. The normalized spacial score (nSPS) is 10.6. The number of carbonyl (C=O) groups excluding carboxylic acids is 3. The quantitative estimate of drug-likeness (QED) is 0.270. The zero-order valence-electron chi connectivity index (χ0n) is 18.5. The van der Waals surface area contributed by atoms with E-state index in [2.05, 4.69) is 20.8 Å². The highest BCUT2D eigenvalue weighted by Crippen LogP contribution is 2.34. The Bertz CT molecular complexity index is 1210. The van der Waals surface area contributed by atoms with Gasteiger partial charge in [0, 0.05) is 6.07 Å². The number of hydrogen-bond donors (Lipinski definition) is 1. The number of esters is 1. The predicted octanol–water partition coefficient (Wildman–Crippen LogP) is 2.77. The van der Waals surface area contributed by atoms with Crippen molar-refractivity contribution in [2.24, 2.45) is 0 Å². The van der Waals surface area contributed by atoms with Crippen LogP contribution in [0.25, 0.3) is 5.69 Å². The Hall–Kier alpha value is -3.45. The molecule has 0 aliphatic heterocycles. The molecule has 1 N–H and O–H groups in total. The molecule has 2 aromatic heterocycles. The molecular weight excluding hydrogens is 470 g/mol. The van der Waals surface area contributed by atoms with Gasteiger partial charge in [-0.05, 0) is 42.0 Å². The molecule has 0 aliphatic rings. The van der Waals surface area contributed by atoms with Crippen molar-refractivity contribution < 1.29 is 28.6 Å². The van der Waals surface area contributed by atoms with E-state index in [1.165, 1.54) is 32.9 Å². The summed E-state index contributed by atoms with van der Waals surface area (Å²) in [7, 11) is 4.30. The molecule has 0 aliphatic carbocycles. The second-order valence-corrected chi connectivity index (χ2v) is 8.52. The molecule has 13 heteroatoms. The van der Waals surface area contributed by atoms with Crippen LogP contribution < -0.4 is 14.8 Å². The van der Waals surface area contributed by atoms with Crippen molar-refractivity contribution >= 4 is 45.8 Å². The van der Waals surface area contributed by atoms with Crippen molar-refractivity contribution in [3.8, 4) is 17.2 Å². The third-order valence-corrected chi connectivity index (χ3v) is 6.72. The van der Waals surface area contributed by atoms with E-state index in [1.807, 2.05) is 0 Å². The zero-order valence-corrected chi connectivity index (χ0v) is 20.1. The number of amides is 1. The highest BCUT2D eigenvalue weighted by atomic mass is 32.2. The number of tetrazole rings is 1. The Balaban J connectivity index is 1.76. The minimum atomic E-state index is -0.628. The lowest BCUT2D eigenvalue weighted by Gasteiger charge is -2.10. The van der Waals surface area contributed by atoms with Gasteiger partial charge in [0.25, 0.3) is 0 Å². The van der Waals surface area contributed by atoms with Crippen LogP contribution in [0.5, 0.6) is 11.5 Å². The van der Waals surface area contributed by atoms with Gasteiger partial charge in [-0.1, -0.05) is 11.8 Å². The van der Waals surface area contributed by atoms with Crippen LogP contribution in [0.2, 0.25) is 0 Å². The number of Topliss-reactive ketones (excluding diaryl/α,β-unsaturated/α-hetero) is 1. The Morgan fingerprint density at radius 1 is 1.15 bits per heavy atom. The van der Waals surface area contributed by atoms with Gasteiger partial charge in [-0.15, -0.1) is 16.4 Å². The molecule has 0 atom stereocenters. The monoisotopic (exact) mass is 491 g/mol. The molecule has 1 amide bonds. The summed E-state index contributed by atoms with van der Waals surface area (Å²) < 4.78 is 16.8. The van der Waals surface area contributed by atoms with Crippen LogP contribution in [0.1, 0.15) is 32.5 Å². The number of ketones is 1. The maximum Gasteiger partial charge on any atom is 0.341 e. The molecule has 0 fully saturated rings. The number of hydrogen-bond acceptors (Lipinski definition) is 11. The molecule has 0 saturated heterocycles. The van der Waals surface area contributed by atoms with Gasteiger partial charge in [0.2, 0.25) is 11.1 Å². The van der Waals surface area contributed by atoms with Gasteiger partial charge < -0.3 is 19.5 Å². The first kappa shape index (κ1) is 24.2. The number of rotatable bonds is 9. The Kier molecular flexibility index (Phi) is 7.66. The number of nitrogens with one attached hydrogen (secondary N) is 1. The third kappa shape index (κ3) is 5.14. The summed E-state index contributed by atoms with van der Waals surface area (Å²) in [6.07, 6.45) is 0. The fraction of sp³-hybridized carbons (Fsp3) is 0.300. The number of thiophene rings is 1. The average molecular weight is 492 g/mol. The van der Waals surface area contributed by atoms with E-state index in [9.17, 15) is 14.4 Å². The largest absolute Gasteiger partial charge is 0.493 e. The molecule has 0 unspecified atom stereocenters. The number of thioether (sulfide) groups is 1. The molecule has 0 bridgehead atoms. The van der Waals surface area contributed by atoms with Gasteiger partial charge >= 0.3 is 5.97 Å². The van der Waals surface area contributed by atoms with Crippen molar-refractivity contribution in [3.05, 3.63) is 34.2 Å². The van der Waals surface area contributed by atoms with Gasteiger partial charge in [-0.2, -0.15) is 4.68 Å². The third-order valence-electron chi connectivity index (χ3n) is 4.49. The van der Waals surface area contributed by atoms with Crippen molar-refractivity contribution in [2.75, 3.05) is 32.4 Å². The van der Waals surface area contributed by atoms with E-state index in [-0.39, 0.29) is 22.1 Å². The van der Waals surface area contributed by atoms with E-state index in [0.717, 1.165) is 23.1 Å². The Labute approximate surface area is 197 Å². The van der Waals surface area contributed by atoms with Gasteiger partial charge in [0.15, 0.2) is 17.3 Å². The molecule has 11 nitrogen and oxygen atoms in total. The van der Waals surface area contributed by atoms with Crippen LogP contribution >= 0.6 is 23.1 Å². The van der Waals surface area contributed by atoms with E-state index < -0.39 is 11.9 Å². The summed E-state index contributed by atoms with van der Waals surface area (Å²) in [5, 5.41) is 14.9. The highest BCUT2D eigenvalue weighted by molar-refractivity contribution is 7.99. The molecule has 0 radical (unpaired) electrons. The van der Waals surface area contributed by atoms with Crippen LogP contribution in [0.15, 0.2) is 23.4 Å². The van der Waals surface area contributed by atoms with Crippen LogP contribution in [0.3, 0.4) is 0 Å². The molecule has 1 aromatic carbocycles. The van der Waals surface area contributed by atoms with E-state index in [0.29, 0.717) is 32.8 Å². The molecule has 3 rings (SSSR count). The van der Waals surface area contributed by atoms with Crippen molar-refractivity contribution in [3.63, 3.8) is 0 Å². The first-order valence-corrected chi connectivity index (χ1v) is 11.3. The summed E-state index contributed by atoms with van der Waals surface area (Å²) in [6, 6.07) is 5.18. The van der Waals surface area contributed by atoms with Crippen LogP contribution in [-0.4, -0.2) is 64.9 Å². The molecule has 0 saturated carbocycles. The number of methoxy groups -OCH3 is 3. The van der Waals surface area contributed by atoms with Crippen molar-refractivity contribution in [1.82, 2.24) is 20.2 Å². The number of carbonyl (C=O) groups is 3. The number of ether oxygens (including phenoxy) is 3. The van der Waals surface area contributed by atoms with E-state index in [1.54, 1.807) is 25.1 Å². The lowest BCUT2D eigenvalue weighted by Crippen LogP contribution is -2.16. The Morgan fingerprint density at radius 2 is 1.88 bits per heavy atom. The van der Waals surface area contributed by atoms with Gasteiger partial charge in [-0.3, -0.25) is 9.59 Å². The maximum absolute atomic E-state index is 12.6. The number of benzene rings is 1. The fourth-order valence-electron chi connectivity index (χ4n) is 2.97. The zero-order chi connectivity index (χ0) is 24.1. The molecule has 33 heavy (non-hydrogen) atoms. The van der Waals surface area contributed by atoms with Crippen molar-refractivity contribution in [1.29, 1.82) is 0 Å². The number of nitrogens with zero attached hydrogens (tertiary/aromatic N) is 4. The summed E-state index contributed by atoms with van der Waals surface area (Å²) in [6.45, 7) is 3.04. The first-order valence-electron chi connectivity index (χ1n) is 9.46. The molecule has 2 heterocycles. The second-order valence-electron chi connectivity index (χ2n) is 6.56. The van der Waals surface area contributed by atoms with Crippen LogP contribution in [0, 0.1) is 6.92 Å². The fourth-order valence-corrected chi connectivity index (χ4v) is 4.76. The molecule has 3 aromatic rings. The van der Waals surface area contributed by atoms with Crippen LogP contribution in [-0.2, 0) is 9.53 Å². The van der Waals surface area contributed by atoms with E-state index >= 15 is 0 Å². The summed E-state index contributed by atoms with van der Waals surface area (Å²) in [4.78, 5) is 37.1. The second kappa shape index (κ2) is 10.4.